The van der Waals surface area contributed by atoms with E-state index >= 15 is 0 Å². The second-order valence-electron chi connectivity index (χ2n) is 3.23. The molecule has 0 spiro atoms. The van der Waals surface area contributed by atoms with Crippen molar-refractivity contribution in [3.8, 4) is 0 Å². The molecule has 0 aliphatic heterocycles. The van der Waals surface area contributed by atoms with E-state index in [1.165, 1.54) is 0 Å². The summed E-state index contributed by atoms with van der Waals surface area (Å²) < 4.78 is 0. The van der Waals surface area contributed by atoms with E-state index in [1.54, 1.807) is 0 Å². The Balaban J connectivity index is -0.000000216. The molecule has 0 aliphatic carbocycles. The van der Waals surface area contributed by atoms with Crippen LogP contribution in [0, 0.1) is 18.2 Å². The maximum atomic E-state index is 2.89. The zero-order valence-corrected chi connectivity index (χ0v) is 14.9. The summed E-state index contributed by atoms with van der Waals surface area (Å²) in [5, 5.41) is 0. The van der Waals surface area contributed by atoms with Crippen molar-refractivity contribution in [2.75, 3.05) is 0 Å². The molecule has 0 aliphatic rings. The molecule has 0 N–H and O–H groups in total. The number of halogens is 1. The summed E-state index contributed by atoms with van der Waals surface area (Å²) in [5.41, 5.74) is 0. The number of hydrogen-bond acceptors (Lipinski definition) is 0. The standard InChI is InChI=1S/3C6H5.ClH.Co.H3P/c3*1-2-4-6-5-3-1;;;/h3*1-5H;1H;;1H3/q3*-1;;+3;. The molecule has 0 fully saturated rings. The molecular weight excluding hydrogens is 342 g/mol. The summed E-state index contributed by atoms with van der Waals surface area (Å²) in [6, 6.07) is 37.5. The van der Waals surface area contributed by atoms with Crippen molar-refractivity contribution in [3.05, 3.63) is 109 Å². The van der Waals surface area contributed by atoms with Gasteiger partial charge in [0.2, 0.25) is 0 Å². The van der Waals surface area contributed by atoms with Crippen molar-refractivity contribution in [3.63, 3.8) is 0 Å². The molecule has 0 bridgehead atoms. The van der Waals surface area contributed by atoms with Gasteiger partial charge in [-0.25, -0.2) is 0 Å². The third kappa shape index (κ3) is 18.9. The van der Waals surface area contributed by atoms with Crippen LogP contribution in [0.3, 0.4) is 0 Å². The maximum absolute atomic E-state index is 2.89. The zero-order valence-electron chi connectivity index (χ0n) is 11.6. The summed E-state index contributed by atoms with van der Waals surface area (Å²) >= 11 is 0. The molecule has 3 aromatic carbocycles. The van der Waals surface area contributed by atoms with E-state index < -0.39 is 0 Å². The average molecular weight is 361 g/mol. The van der Waals surface area contributed by atoms with Crippen LogP contribution in [0.4, 0.5) is 0 Å². The van der Waals surface area contributed by atoms with Gasteiger partial charge in [0.1, 0.15) is 0 Å². The van der Waals surface area contributed by atoms with Gasteiger partial charge in [-0.2, -0.15) is 119 Å². The summed E-state index contributed by atoms with van der Waals surface area (Å²) in [7, 11) is 0. The minimum atomic E-state index is 0. The monoisotopic (exact) mass is 360 g/mol. The quantitative estimate of drug-likeness (QED) is 0.393. The molecule has 0 nitrogen and oxygen atoms in total. The molecule has 3 heteroatoms. The fraction of sp³-hybridized carbons (Fsp3) is 0. The van der Waals surface area contributed by atoms with E-state index in [9.17, 15) is 0 Å². The molecule has 0 saturated carbocycles. The first-order valence-corrected chi connectivity index (χ1v) is 5.73. The smallest absolute Gasteiger partial charge is 0.184 e. The second-order valence-corrected chi connectivity index (χ2v) is 3.23. The van der Waals surface area contributed by atoms with Crippen LogP contribution in [0.15, 0.2) is 91.0 Å². The van der Waals surface area contributed by atoms with Crippen LogP contribution in [0.25, 0.3) is 0 Å². The summed E-state index contributed by atoms with van der Waals surface area (Å²) in [4.78, 5) is 0. The number of benzene rings is 3. The Labute approximate surface area is 148 Å². The van der Waals surface area contributed by atoms with E-state index in [1.807, 2.05) is 91.0 Å². The second kappa shape index (κ2) is 21.2. The largest absolute Gasteiger partial charge is 3.00 e. The van der Waals surface area contributed by atoms with E-state index in [0.717, 1.165) is 0 Å². The number of hydrogen-bond donors (Lipinski definition) is 0. The van der Waals surface area contributed by atoms with Crippen LogP contribution in [-0.4, -0.2) is 0 Å². The molecule has 0 heterocycles. The molecule has 0 radical (unpaired) electrons. The predicted molar refractivity (Wildman–Crippen MR) is 94.2 cm³/mol. The SMILES string of the molecule is Cl.P.[Co+3].[c-]1ccccc1.[c-]1ccccc1.[c-]1ccccc1. The number of rotatable bonds is 0. The Hall–Kier alpha value is -1.11. The average Bonchev–Trinajstić information content (AvgIpc) is 2.54. The Bertz CT molecular complexity index is 308. The topological polar surface area (TPSA) is 0 Å². The summed E-state index contributed by atoms with van der Waals surface area (Å²) in [5.74, 6) is 0. The molecule has 1 atom stereocenters. The summed E-state index contributed by atoms with van der Waals surface area (Å²) in [6.07, 6.45) is 0. The van der Waals surface area contributed by atoms with Crippen LogP contribution in [-0.2, 0) is 16.8 Å². The summed E-state index contributed by atoms with van der Waals surface area (Å²) in [6.45, 7) is 0. The molecule has 1 unspecified atom stereocenters. The Morgan fingerprint density at radius 1 is 0.381 bits per heavy atom. The van der Waals surface area contributed by atoms with Gasteiger partial charge >= 0.3 is 16.8 Å². The first-order valence-electron chi connectivity index (χ1n) is 5.73. The van der Waals surface area contributed by atoms with E-state index in [-0.39, 0.29) is 39.1 Å². The van der Waals surface area contributed by atoms with Gasteiger partial charge < -0.3 is 0 Å². The maximum Gasteiger partial charge on any atom is 3.00 e. The van der Waals surface area contributed by atoms with Crippen LogP contribution in [0.5, 0.6) is 0 Å². The van der Waals surface area contributed by atoms with Crippen LogP contribution in [0.2, 0.25) is 0 Å². The van der Waals surface area contributed by atoms with Gasteiger partial charge in [-0.3, -0.25) is 0 Å². The van der Waals surface area contributed by atoms with Gasteiger partial charge in [0.25, 0.3) is 0 Å². The Morgan fingerprint density at radius 2 is 0.571 bits per heavy atom. The van der Waals surface area contributed by atoms with Crippen molar-refractivity contribution in [2.45, 2.75) is 0 Å². The Morgan fingerprint density at radius 3 is 0.619 bits per heavy atom. The third-order valence-corrected chi connectivity index (χ3v) is 1.82. The first kappa shape index (κ1) is 24.9. The van der Waals surface area contributed by atoms with E-state index in [4.69, 9.17) is 0 Å². The van der Waals surface area contributed by atoms with Crippen molar-refractivity contribution >= 4 is 22.3 Å². The van der Waals surface area contributed by atoms with Gasteiger partial charge in [-0.05, 0) is 0 Å². The Kier molecular flexibility index (Phi) is 25.1. The van der Waals surface area contributed by atoms with Crippen molar-refractivity contribution in [1.82, 2.24) is 0 Å². The van der Waals surface area contributed by atoms with Gasteiger partial charge in [-0.1, -0.05) is 0 Å². The molecule has 112 valence electrons. The van der Waals surface area contributed by atoms with E-state index in [0.29, 0.717) is 0 Å². The molecule has 3 aromatic rings. The molecule has 0 saturated heterocycles. The molecule has 21 heavy (non-hydrogen) atoms. The fourth-order valence-electron chi connectivity index (χ4n) is 1.03. The van der Waals surface area contributed by atoms with Gasteiger partial charge in [-0.15, -0.1) is 12.4 Å². The zero-order chi connectivity index (χ0) is 12.7. The fourth-order valence-corrected chi connectivity index (χ4v) is 1.03. The predicted octanol–water partition coefficient (Wildman–Crippen LogP) is 4.94. The molecule has 0 amide bonds. The van der Waals surface area contributed by atoms with Crippen molar-refractivity contribution in [1.29, 1.82) is 0 Å². The third-order valence-electron chi connectivity index (χ3n) is 1.82. The normalized spacial score (nSPS) is 6.86. The minimum absolute atomic E-state index is 0. The van der Waals surface area contributed by atoms with Gasteiger partial charge in [0, 0.05) is 0 Å². The molecule has 3 rings (SSSR count). The van der Waals surface area contributed by atoms with Gasteiger partial charge in [0.15, 0.2) is 0 Å². The molecular formula is C18H19ClCoP. The van der Waals surface area contributed by atoms with Crippen molar-refractivity contribution in [2.24, 2.45) is 0 Å². The van der Waals surface area contributed by atoms with Crippen LogP contribution >= 0.6 is 22.3 Å². The van der Waals surface area contributed by atoms with E-state index in [2.05, 4.69) is 18.2 Å². The molecule has 0 aromatic heterocycles. The van der Waals surface area contributed by atoms with Crippen LogP contribution < -0.4 is 0 Å². The minimum Gasteiger partial charge on any atom is -0.184 e. The van der Waals surface area contributed by atoms with Crippen LogP contribution in [0.1, 0.15) is 0 Å². The first-order chi connectivity index (χ1) is 9.00. The van der Waals surface area contributed by atoms with Crippen molar-refractivity contribution < 1.29 is 16.8 Å². The van der Waals surface area contributed by atoms with Gasteiger partial charge in [0.05, 0.1) is 0 Å².